The van der Waals surface area contributed by atoms with Crippen LogP contribution in [0, 0.1) is 15.9 Å². The largest absolute Gasteiger partial charge is 0.507 e. The quantitative estimate of drug-likeness (QED) is 0.397. The Balaban J connectivity index is 3.46. The van der Waals surface area contributed by atoms with Gasteiger partial charge in [-0.15, -0.1) is 0 Å². The third-order valence-electron chi connectivity index (χ3n) is 1.66. The molecule has 0 saturated heterocycles. The van der Waals surface area contributed by atoms with Gasteiger partial charge in [-0.1, -0.05) is 15.9 Å². The molecular weight excluding hydrogens is 273 g/mol. The van der Waals surface area contributed by atoms with Crippen molar-refractivity contribution in [2.45, 2.75) is 0 Å². The number of carbonyl (C=O) groups excluding carboxylic acids is 1. The lowest BCUT2D eigenvalue weighted by atomic mass is 10.1. The van der Waals surface area contributed by atoms with Crippen molar-refractivity contribution in [3.8, 4) is 5.75 Å². The van der Waals surface area contributed by atoms with Gasteiger partial charge in [-0.3, -0.25) is 14.9 Å². The summed E-state index contributed by atoms with van der Waals surface area (Å²) in [6.07, 6.45) is 0. The van der Waals surface area contributed by atoms with Crippen LogP contribution >= 0.6 is 15.9 Å². The predicted molar refractivity (Wildman–Crippen MR) is 52.8 cm³/mol. The van der Waals surface area contributed by atoms with Gasteiger partial charge in [-0.2, -0.15) is 0 Å². The minimum Gasteiger partial charge on any atom is -0.507 e. The van der Waals surface area contributed by atoms with Crippen molar-refractivity contribution in [2.24, 2.45) is 0 Å². The summed E-state index contributed by atoms with van der Waals surface area (Å²) in [6.45, 7) is 0. The zero-order valence-corrected chi connectivity index (χ0v) is 8.82. The lowest BCUT2D eigenvalue weighted by molar-refractivity contribution is -0.385. The van der Waals surface area contributed by atoms with Crippen molar-refractivity contribution in [3.05, 3.63) is 33.6 Å². The lowest BCUT2D eigenvalue weighted by Crippen LogP contribution is -2.05. The molecule has 0 unspecified atom stereocenters. The number of Topliss-reactive ketones (excluding diaryl/α,β-unsaturated/α-hetero) is 1. The first kappa shape index (κ1) is 11.6. The number of nitro benzene ring substituents is 1. The number of nitrogens with zero attached hydrogens (tertiary/aromatic N) is 1. The molecule has 80 valence electrons. The second-order valence-electron chi connectivity index (χ2n) is 2.63. The van der Waals surface area contributed by atoms with Crippen molar-refractivity contribution in [1.29, 1.82) is 0 Å². The van der Waals surface area contributed by atoms with E-state index in [2.05, 4.69) is 15.9 Å². The van der Waals surface area contributed by atoms with E-state index >= 15 is 0 Å². The van der Waals surface area contributed by atoms with Crippen molar-refractivity contribution in [2.75, 3.05) is 5.33 Å². The highest BCUT2D eigenvalue weighted by Gasteiger charge is 2.24. The summed E-state index contributed by atoms with van der Waals surface area (Å²) < 4.78 is 12.7. The van der Waals surface area contributed by atoms with Gasteiger partial charge in [0.05, 0.1) is 16.3 Å². The molecule has 0 heterocycles. The van der Waals surface area contributed by atoms with Crippen LogP contribution in [0.15, 0.2) is 12.1 Å². The fourth-order valence-electron chi connectivity index (χ4n) is 1.07. The highest BCUT2D eigenvalue weighted by atomic mass is 79.9. The van der Waals surface area contributed by atoms with Crippen molar-refractivity contribution >= 4 is 27.4 Å². The Labute approximate surface area is 91.8 Å². The number of benzene rings is 1. The van der Waals surface area contributed by atoms with Crippen LogP contribution in [0.2, 0.25) is 0 Å². The van der Waals surface area contributed by atoms with E-state index in [1.165, 1.54) is 0 Å². The van der Waals surface area contributed by atoms with Crippen LogP contribution in [0.1, 0.15) is 10.4 Å². The standard InChI is InChI=1S/C8H5BrFNO4/c9-3-7(13)8-5(11(14)15)1-4(10)2-6(8)12/h1-2,12H,3H2. The molecule has 0 spiro atoms. The van der Waals surface area contributed by atoms with E-state index in [9.17, 15) is 24.4 Å². The normalized spacial score (nSPS) is 10.0. The van der Waals surface area contributed by atoms with E-state index in [1.807, 2.05) is 0 Å². The molecule has 0 saturated carbocycles. The monoisotopic (exact) mass is 277 g/mol. The highest BCUT2D eigenvalue weighted by molar-refractivity contribution is 9.09. The number of hydrogen-bond acceptors (Lipinski definition) is 4. The summed E-state index contributed by atoms with van der Waals surface area (Å²) in [5, 5.41) is 19.6. The van der Waals surface area contributed by atoms with Crippen molar-refractivity contribution in [1.82, 2.24) is 0 Å². The molecule has 5 nitrogen and oxygen atoms in total. The molecule has 1 rings (SSSR count). The number of alkyl halides is 1. The van der Waals surface area contributed by atoms with Crippen LogP contribution < -0.4 is 0 Å². The van der Waals surface area contributed by atoms with E-state index in [-0.39, 0.29) is 5.33 Å². The van der Waals surface area contributed by atoms with Crippen LogP contribution in [0.3, 0.4) is 0 Å². The molecule has 0 aliphatic rings. The fraction of sp³-hybridized carbons (Fsp3) is 0.125. The maximum Gasteiger partial charge on any atom is 0.286 e. The minimum absolute atomic E-state index is 0.187. The molecule has 0 atom stereocenters. The fourth-order valence-corrected chi connectivity index (χ4v) is 1.36. The summed E-state index contributed by atoms with van der Waals surface area (Å²) in [7, 11) is 0. The van der Waals surface area contributed by atoms with E-state index in [0.717, 1.165) is 0 Å². The van der Waals surface area contributed by atoms with E-state index < -0.39 is 33.5 Å². The van der Waals surface area contributed by atoms with Crippen LogP contribution in [0.25, 0.3) is 0 Å². The third kappa shape index (κ3) is 2.30. The Hall–Kier alpha value is -1.50. The first-order chi connectivity index (χ1) is 6.97. The molecule has 7 heteroatoms. The maximum atomic E-state index is 12.7. The van der Waals surface area contributed by atoms with Gasteiger partial charge in [-0.25, -0.2) is 4.39 Å². The van der Waals surface area contributed by atoms with Crippen LogP contribution in [-0.2, 0) is 0 Å². The average molecular weight is 278 g/mol. The van der Waals surface area contributed by atoms with Gasteiger partial charge < -0.3 is 5.11 Å². The molecule has 0 aliphatic heterocycles. The molecular formula is C8H5BrFNO4. The smallest absolute Gasteiger partial charge is 0.286 e. The lowest BCUT2D eigenvalue weighted by Gasteiger charge is -2.02. The molecule has 15 heavy (non-hydrogen) atoms. The molecule has 0 fully saturated rings. The first-order valence-corrected chi connectivity index (χ1v) is 4.85. The number of aromatic hydroxyl groups is 1. The van der Waals surface area contributed by atoms with E-state index in [4.69, 9.17) is 0 Å². The Morgan fingerprint density at radius 2 is 2.20 bits per heavy atom. The highest BCUT2D eigenvalue weighted by Crippen LogP contribution is 2.29. The van der Waals surface area contributed by atoms with Gasteiger partial charge in [0.15, 0.2) is 5.78 Å². The molecule has 0 aromatic heterocycles. The maximum absolute atomic E-state index is 12.7. The Morgan fingerprint density at radius 1 is 1.60 bits per heavy atom. The molecule has 1 aromatic carbocycles. The van der Waals surface area contributed by atoms with Gasteiger partial charge in [0, 0.05) is 6.07 Å². The van der Waals surface area contributed by atoms with Gasteiger partial charge in [0.25, 0.3) is 5.69 Å². The number of hydrogen-bond donors (Lipinski definition) is 1. The molecule has 0 radical (unpaired) electrons. The molecule has 1 N–H and O–H groups in total. The summed E-state index contributed by atoms with van der Waals surface area (Å²) >= 11 is 2.81. The number of rotatable bonds is 3. The topological polar surface area (TPSA) is 80.4 Å². The summed E-state index contributed by atoms with van der Waals surface area (Å²) in [5.41, 5.74) is -1.23. The van der Waals surface area contributed by atoms with Gasteiger partial charge in [-0.05, 0) is 0 Å². The second kappa shape index (κ2) is 4.35. The Kier molecular flexibility index (Phi) is 3.35. The Bertz CT molecular complexity index is 435. The zero-order chi connectivity index (χ0) is 11.6. The van der Waals surface area contributed by atoms with Gasteiger partial charge in [0.2, 0.25) is 0 Å². The van der Waals surface area contributed by atoms with E-state index in [0.29, 0.717) is 12.1 Å². The van der Waals surface area contributed by atoms with Gasteiger partial charge in [0.1, 0.15) is 17.1 Å². The van der Waals surface area contributed by atoms with E-state index in [1.54, 1.807) is 0 Å². The number of phenols is 1. The van der Waals surface area contributed by atoms with Gasteiger partial charge >= 0.3 is 0 Å². The number of carbonyl (C=O) groups is 1. The third-order valence-corrected chi connectivity index (χ3v) is 2.17. The molecule has 1 aromatic rings. The average Bonchev–Trinajstić information content (AvgIpc) is 2.15. The van der Waals surface area contributed by atoms with Crippen molar-refractivity contribution in [3.63, 3.8) is 0 Å². The number of halogens is 2. The molecule has 0 bridgehead atoms. The summed E-state index contributed by atoms with van der Waals surface area (Å²) in [4.78, 5) is 20.8. The first-order valence-electron chi connectivity index (χ1n) is 3.73. The zero-order valence-electron chi connectivity index (χ0n) is 7.24. The minimum atomic E-state index is -0.967. The van der Waals surface area contributed by atoms with Crippen molar-refractivity contribution < 1.29 is 19.2 Å². The predicted octanol–water partition coefficient (Wildman–Crippen LogP) is 2.02. The second-order valence-corrected chi connectivity index (χ2v) is 3.19. The number of nitro groups is 1. The number of ketones is 1. The molecule has 0 aliphatic carbocycles. The van der Waals surface area contributed by atoms with Crippen LogP contribution in [-0.4, -0.2) is 21.1 Å². The van der Waals surface area contributed by atoms with Crippen LogP contribution in [0.4, 0.5) is 10.1 Å². The SMILES string of the molecule is O=C(CBr)c1c(O)cc(F)cc1[N+](=O)[O-]. The Morgan fingerprint density at radius 3 is 2.67 bits per heavy atom. The van der Waals surface area contributed by atoms with Crippen LogP contribution in [0.5, 0.6) is 5.75 Å². The summed E-state index contributed by atoms with van der Waals surface area (Å²) in [5.74, 6) is -2.38. The number of phenolic OH excluding ortho intramolecular Hbond substituents is 1. The summed E-state index contributed by atoms with van der Waals surface area (Å²) in [6, 6.07) is 1.25. The molecule has 0 amide bonds.